The predicted octanol–water partition coefficient (Wildman–Crippen LogP) is 3.24. The van der Waals surface area contributed by atoms with Crippen LogP contribution in [-0.2, 0) is 9.22 Å². The summed E-state index contributed by atoms with van der Waals surface area (Å²) >= 11 is 0. The van der Waals surface area contributed by atoms with Crippen molar-refractivity contribution in [3.8, 4) is 0 Å². The predicted molar refractivity (Wildman–Crippen MR) is 81.5 cm³/mol. The van der Waals surface area contributed by atoms with Crippen molar-refractivity contribution < 1.29 is 9.22 Å². The molecule has 1 aliphatic rings. The molecular weight excluding hydrogens is 254 g/mol. The van der Waals surface area contributed by atoms with E-state index in [0.29, 0.717) is 0 Å². The summed E-state index contributed by atoms with van der Waals surface area (Å²) in [5, 5.41) is 3.06. The lowest BCUT2D eigenvalue weighted by atomic mass is 9.82. The van der Waals surface area contributed by atoms with E-state index < -0.39 is 8.32 Å². The van der Waals surface area contributed by atoms with Crippen LogP contribution in [0, 0.1) is 5.92 Å². The summed E-state index contributed by atoms with van der Waals surface area (Å²) in [6, 6.07) is 0.0322. The molecule has 1 rings (SSSR count). The number of hydrogen-bond acceptors (Lipinski definition) is 2. The van der Waals surface area contributed by atoms with Crippen molar-refractivity contribution in [1.82, 2.24) is 5.32 Å². The van der Waals surface area contributed by atoms with E-state index in [0.717, 1.165) is 5.57 Å². The fourth-order valence-corrected chi connectivity index (χ4v) is 3.51. The first kappa shape index (κ1) is 16.2. The van der Waals surface area contributed by atoms with Gasteiger partial charge in [-0.3, -0.25) is 4.79 Å². The second-order valence-electron chi connectivity index (χ2n) is 6.96. The highest BCUT2D eigenvalue weighted by atomic mass is 28.4. The molecule has 1 fully saturated rings. The van der Waals surface area contributed by atoms with Gasteiger partial charge in [-0.25, -0.2) is 0 Å². The number of hydrogen-bond donors (Lipinski definition) is 1. The van der Waals surface area contributed by atoms with Gasteiger partial charge in [-0.05, 0) is 37.6 Å². The molecule has 0 unspecified atom stereocenters. The minimum Gasteiger partial charge on any atom is -0.413 e. The van der Waals surface area contributed by atoms with Crippen LogP contribution in [0.1, 0.15) is 34.6 Å². The zero-order valence-corrected chi connectivity index (χ0v) is 14.3. The minimum atomic E-state index is -1.84. The first-order chi connectivity index (χ1) is 8.51. The summed E-state index contributed by atoms with van der Waals surface area (Å²) < 4.78 is 6.32. The van der Waals surface area contributed by atoms with Gasteiger partial charge in [0.2, 0.25) is 5.91 Å². The van der Waals surface area contributed by atoms with E-state index in [1.54, 1.807) is 0 Å². The first-order valence-electron chi connectivity index (χ1n) is 6.86. The topological polar surface area (TPSA) is 38.3 Å². The number of carbonyl (C=O) groups excluding carboxylic acids is 1. The maximum Gasteiger partial charge on any atom is 0.228 e. The summed E-state index contributed by atoms with van der Waals surface area (Å²) in [4.78, 5) is 11.8. The van der Waals surface area contributed by atoms with Crippen LogP contribution in [0.15, 0.2) is 17.9 Å². The Morgan fingerprint density at radius 3 is 2.37 bits per heavy atom. The Labute approximate surface area is 118 Å². The van der Waals surface area contributed by atoms with Gasteiger partial charge in [0.15, 0.2) is 8.32 Å². The quantitative estimate of drug-likeness (QED) is 0.488. The Bertz CT molecular complexity index is 416. The second-order valence-corrected chi connectivity index (χ2v) is 11.7. The van der Waals surface area contributed by atoms with E-state index in [2.05, 4.69) is 51.5 Å². The summed E-state index contributed by atoms with van der Waals surface area (Å²) in [5.41, 5.74) is 3.85. The lowest BCUT2D eigenvalue weighted by Gasteiger charge is -2.45. The van der Waals surface area contributed by atoms with Gasteiger partial charge in [0.25, 0.3) is 0 Å². The van der Waals surface area contributed by atoms with Crippen LogP contribution in [0.3, 0.4) is 0 Å². The van der Waals surface area contributed by atoms with Crippen molar-refractivity contribution in [2.45, 2.75) is 64.9 Å². The minimum absolute atomic E-state index is 0.0322. The third-order valence-electron chi connectivity index (χ3n) is 4.50. The van der Waals surface area contributed by atoms with E-state index in [1.807, 2.05) is 13.8 Å². The van der Waals surface area contributed by atoms with Crippen molar-refractivity contribution in [3.05, 3.63) is 17.9 Å². The summed E-state index contributed by atoms with van der Waals surface area (Å²) in [6.07, 6.45) is -0.0667. The standard InChI is InChI=1S/C15H27NO2Si/c1-9-10(2)13-12(14(17)16-13)11(3)18-19(7,8)15(4,5)6/h11-13H,1H2,2-8H3,(H,16,17)/t11-,12+,13+/m1/s1. The molecule has 1 aliphatic heterocycles. The number of β-lactam (4-membered cyclic amide) rings is 1. The number of carbonyl (C=O) groups is 1. The van der Waals surface area contributed by atoms with Crippen LogP contribution in [-0.4, -0.2) is 26.4 Å². The third-order valence-corrected chi connectivity index (χ3v) is 9.07. The maximum absolute atomic E-state index is 11.8. The fourth-order valence-electron chi connectivity index (χ4n) is 2.08. The van der Waals surface area contributed by atoms with Crippen LogP contribution in [0.4, 0.5) is 0 Å². The Kier molecular flexibility index (Phi) is 4.50. The average molecular weight is 281 g/mol. The highest BCUT2D eigenvalue weighted by molar-refractivity contribution is 6.74. The largest absolute Gasteiger partial charge is 0.413 e. The molecule has 1 N–H and O–H groups in total. The van der Waals surface area contributed by atoms with Crippen LogP contribution in [0.25, 0.3) is 0 Å². The molecule has 3 atom stereocenters. The van der Waals surface area contributed by atoms with E-state index >= 15 is 0 Å². The Balaban J connectivity index is 2.81. The highest BCUT2D eigenvalue weighted by Crippen LogP contribution is 2.39. The molecule has 0 aromatic carbocycles. The summed E-state index contributed by atoms with van der Waals surface area (Å²) in [7, 11) is -1.84. The van der Waals surface area contributed by atoms with Gasteiger partial charge in [0, 0.05) is 0 Å². The van der Waals surface area contributed by atoms with E-state index in [1.165, 1.54) is 0 Å². The smallest absolute Gasteiger partial charge is 0.228 e. The molecule has 19 heavy (non-hydrogen) atoms. The molecule has 1 saturated heterocycles. The molecule has 1 heterocycles. The average Bonchev–Trinajstić information content (AvgIpc) is 2.22. The van der Waals surface area contributed by atoms with Gasteiger partial charge in [-0.2, -0.15) is 0 Å². The SMILES string of the molecule is C=C=C(C)[C@@H]1NC(=O)[C@H]1[C@@H](C)O[Si](C)(C)C(C)(C)C. The Morgan fingerprint density at radius 2 is 2.00 bits per heavy atom. The van der Waals surface area contributed by atoms with Crippen molar-refractivity contribution in [3.63, 3.8) is 0 Å². The second kappa shape index (κ2) is 5.27. The molecule has 1 amide bonds. The molecule has 108 valence electrons. The van der Waals surface area contributed by atoms with Crippen molar-refractivity contribution in [2.24, 2.45) is 5.92 Å². The number of rotatable bonds is 4. The summed E-state index contributed by atoms with van der Waals surface area (Å²) in [6.45, 7) is 18.7. The van der Waals surface area contributed by atoms with Crippen LogP contribution in [0.2, 0.25) is 18.1 Å². The number of nitrogens with one attached hydrogen (secondary N) is 1. The van der Waals surface area contributed by atoms with Gasteiger partial charge < -0.3 is 9.74 Å². The monoisotopic (exact) mass is 281 g/mol. The Hall–Kier alpha value is -0.833. The van der Waals surface area contributed by atoms with Crippen LogP contribution in [0.5, 0.6) is 0 Å². The maximum atomic E-state index is 11.8. The fraction of sp³-hybridized carbons (Fsp3) is 0.733. The highest BCUT2D eigenvalue weighted by Gasteiger charge is 2.47. The zero-order chi connectivity index (χ0) is 15.0. The molecule has 0 aromatic rings. The van der Waals surface area contributed by atoms with Crippen molar-refractivity contribution in [2.75, 3.05) is 0 Å². The van der Waals surface area contributed by atoms with Crippen molar-refractivity contribution in [1.29, 1.82) is 0 Å². The lowest BCUT2D eigenvalue weighted by molar-refractivity contribution is -0.138. The van der Waals surface area contributed by atoms with E-state index in [4.69, 9.17) is 4.43 Å². The Morgan fingerprint density at radius 1 is 1.47 bits per heavy atom. The molecule has 0 aliphatic carbocycles. The molecule has 0 bridgehead atoms. The molecule has 0 radical (unpaired) electrons. The number of amides is 1. The van der Waals surface area contributed by atoms with Gasteiger partial charge in [0.1, 0.15) is 0 Å². The van der Waals surface area contributed by atoms with Gasteiger partial charge >= 0.3 is 0 Å². The molecule has 0 saturated carbocycles. The van der Waals surface area contributed by atoms with E-state index in [-0.39, 0.29) is 29.0 Å². The molecule has 4 heteroatoms. The lowest BCUT2D eigenvalue weighted by Crippen LogP contribution is -2.64. The summed E-state index contributed by atoms with van der Waals surface area (Å²) in [5.74, 6) is -0.0332. The van der Waals surface area contributed by atoms with Gasteiger partial charge in [0.05, 0.1) is 18.1 Å². The molecule has 3 nitrogen and oxygen atoms in total. The van der Waals surface area contributed by atoms with Crippen molar-refractivity contribution >= 4 is 14.2 Å². The van der Waals surface area contributed by atoms with Crippen LogP contribution >= 0.6 is 0 Å². The zero-order valence-electron chi connectivity index (χ0n) is 13.3. The van der Waals surface area contributed by atoms with E-state index in [9.17, 15) is 4.79 Å². The third kappa shape index (κ3) is 3.19. The van der Waals surface area contributed by atoms with Crippen LogP contribution < -0.4 is 5.32 Å². The molecular formula is C15H27NO2Si. The van der Waals surface area contributed by atoms with Gasteiger partial charge in [-0.15, -0.1) is 5.73 Å². The van der Waals surface area contributed by atoms with Gasteiger partial charge in [-0.1, -0.05) is 27.4 Å². The first-order valence-corrected chi connectivity index (χ1v) is 9.77. The normalized spacial score (nSPS) is 25.1. The molecule has 0 spiro atoms. The molecule has 0 aromatic heterocycles.